The van der Waals surface area contributed by atoms with E-state index in [-0.39, 0.29) is 0 Å². The lowest BCUT2D eigenvalue weighted by Crippen LogP contribution is -2.29. The van der Waals surface area contributed by atoms with Gasteiger partial charge in [0.1, 0.15) is 0 Å². The van der Waals surface area contributed by atoms with Crippen LogP contribution in [-0.2, 0) is 0 Å². The summed E-state index contributed by atoms with van der Waals surface area (Å²) < 4.78 is 0. The molecule has 0 heteroatoms. The van der Waals surface area contributed by atoms with Crippen LogP contribution in [0.1, 0.15) is 47.0 Å². The van der Waals surface area contributed by atoms with E-state index in [9.17, 15) is 0 Å². The molecule has 0 aromatic rings. The molecule has 84 valence electrons. The van der Waals surface area contributed by atoms with E-state index < -0.39 is 0 Å². The second-order valence-corrected chi connectivity index (χ2v) is 5.87. The molecule has 0 heterocycles. The molecule has 0 saturated heterocycles. The highest BCUT2D eigenvalue weighted by Crippen LogP contribution is 2.44. The summed E-state index contributed by atoms with van der Waals surface area (Å²) in [6.45, 7) is 9.47. The molecular weight excluding hydrogens is 180 g/mol. The van der Waals surface area contributed by atoms with Gasteiger partial charge < -0.3 is 0 Å². The van der Waals surface area contributed by atoms with Gasteiger partial charge in [0.15, 0.2) is 0 Å². The average Bonchev–Trinajstić information content (AvgIpc) is 2.17. The summed E-state index contributed by atoms with van der Waals surface area (Å²) in [5.41, 5.74) is 3.24. The van der Waals surface area contributed by atoms with Gasteiger partial charge in [0.2, 0.25) is 0 Å². The second-order valence-electron chi connectivity index (χ2n) is 5.87. The van der Waals surface area contributed by atoms with E-state index in [2.05, 4.69) is 39.8 Å². The first kappa shape index (κ1) is 11.0. The van der Waals surface area contributed by atoms with E-state index >= 15 is 0 Å². The summed E-state index contributed by atoms with van der Waals surface area (Å²) in [7, 11) is 0. The summed E-state index contributed by atoms with van der Waals surface area (Å²) in [5.74, 6) is 3.47. The molecular formula is C15H24. The van der Waals surface area contributed by atoms with Gasteiger partial charge in [0, 0.05) is 0 Å². The minimum Gasteiger partial charge on any atom is -0.0810 e. The maximum absolute atomic E-state index is 2.51. The van der Waals surface area contributed by atoms with Crippen LogP contribution in [0.15, 0.2) is 23.3 Å². The Hall–Kier alpha value is -0.520. The maximum Gasteiger partial charge on any atom is -0.0126 e. The van der Waals surface area contributed by atoms with E-state index in [1.165, 1.54) is 19.3 Å². The van der Waals surface area contributed by atoms with Gasteiger partial charge in [0.05, 0.1) is 0 Å². The van der Waals surface area contributed by atoms with Gasteiger partial charge in [0.25, 0.3) is 0 Å². The van der Waals surface area contributed by atoms with E-state index in [1.54, 1.807) is 11.1 Å². The van der Waals surface area contributed by atoms with E-state index in [0.717, 1.165) is 23.7 Å². The van der Waals surface area contributed by atoms with Gasteiger partial charge >= 0.3 is 0 Å². The van der Waals surface area contributed by atoms with Gasteiger partial charge in [-0.3, -0.25) is 0 Å². The number of hydrogen-bond acceptors (Lipinski definition) is 0. The van der Waals surface area contributed by atoms with Gasteiger partial charge in [-0.2, -0.15) is 0 Å². The molecule has 0 bridgehead atoms. The predicted octanol–water partition coefficient (Wildman–Crippen LogP) is 4.58. The van der Waals surface area contributed by atoms with Crippen molar-refractivity contribution in [1.29, 1.82) is 0 Å². The maximum atomic E-state index is 2.51. The van der Waals surface area contributed by atoms with Gasteiger partial charge in [-0.15, -0.1) is 0 Å². The van der Waals surface area contributed by atoms with Crippen LogP contribution >= 0.6 is 0 Å². The molecule has 2 aliphatic rings. The Morgan fingerprint density at radius 1 is 1.20 bits per heavy atom. The molecule has 0 saturated carbocycles. The fourth-order valence-corrected chi connectivity index (χ4v) is 3.33. The average molecular weight is 204 g/mol. The predicted molar refractivity (Wildman–Crippen MR) is 66.7 cm³/mol. The van der Waals surface area contributed by atoms with Crippen molar-refractivity contribution >= 4 is 0 Å². The Bertz CT molecular complexity index is 293. The quantitative estimate of drug-likeness (QED) is 0.586. The number of allylic oxidation sites excluding steroid dienone is 4. The first-order valence-electron chi connectivity index (χ1n) is 6.46. The Kier molecular flexibility index (Phi) is 3.04. The highest BCUT2D eigenvalue weighted by atomic mass is 14.4. The second kappa shape index (κ2) is 4.15. The smallest absolute Gasteiger partial charge is 0.0126 e. The van der Waals surface area contributed by atoms with Crippen molar-refractivity contribution in [1.82, 2.24) is 0 Å². The van der Waals surface area contributed by atoms with Crippen LogP contribution in [0.3, 0.4) is 0 Å². The van der Waals surface area contributed by atoms with Crippen molar-refractivity contribution < 1.29 is 0 Å². The highest BCUT2D eigenvalue weighted by Gasteiger charge is 2.33. The molecule has 0 radical (unpaired) electrons. The van der Waals surface area contributed by atoms with Crippen molar-refractivity contribution in [2.75, 3.05) is 0 Å². The summed E-state index contributed by atoms with van der Waals surface area (Å²) in [6.07, 6.45) is 8.99. The molecule has 0 aromatic carbocycles. The van der Waals surface area contributed by atoms with Crippen LogP contribution in [0.2, 0.25) is 0 Å². The van der Waals surface area contributed by atoms with Crippen LogP contribution in [0.5, 0.6) is 0 Å². The van der Waals surface area contributed by atoms with Crippen LogP contribution in [-0.4, -0.2) is 0 Å². The molecule has 0 unspecified atom stereocenters. The lowest BCUT2D eigenvalue weighted by Gasteiger charge is -2.39. The Labute approximate surface area is 94.5 Å². The fraction of sp³-hybridized carbons (Fsp3) is 0.733. The lowest BCUT2D eigenvalue weighted by molar-refractivity contribution is 0.233. The van der Waals surface area contributed by atoms with E-state index in [1.807, 2.05) is 0 Å². The van der Waals surface area contributed by atoms with Crippen LogP contribution in [0, 0.1) is 23.7 Å². The van der Waals surface area contributed by atoms with E-state index in [0.29, 0.717) is 0 Å². The van der Waals surface area contributed by atoms with Crippen molar-refractivity contribution in [2.24, 2.45) is 23.7 Å². The van der Waals surface area contributed by atoms with Gasteiger partial charge in [-0.05, 0) is 55.4 Å². The molecule has 3 atom stereocenters. The fourth-order valence-electron chi connectivity index (χ4n) is 3.33. The molecule has 15 heavy (non-hydrogen) atoms. The monoisotopic (exact) mass is 204 g/mol. The third-order valence-corrected chi connectivity index (χ3v) is 4.32. The topological polar surface area (TPSA) is 0 Å². The first-order chi connectivity index (χ1) is 7.09. The molecule has 0 fully saturated rings. The largest absolute Gasteiger partial charge is 0.0810 e. The number of rotatable bonds is 1. The van der Waals surface area contributed by atoms with Crippen molar-refractivity contribution in [3.05, 3.63) is 23.3 Å². The van der Waals surface area contributed by atoms with Gasteiger partial charge in [-0.1, -0.05) is 38.5 Å². The Balaban J connectivity index is 2.29. The third-order valence-electron chi connectivity index (χ3n) is 4.32. The van der Waals surface area contributed by atoms with Crippen molar-refractivity contribution in [3.63, 3.8) is 0 Å². The molecule has 2 rings (SSSR count). The van der Waals surface area contributed by atoms with Crippen LogP contribution in [0.25, 0.3) is 0 Å². The molecule has 2 aliphatic carbocycles. The molecule has 0 N–H and O–H groups in total. The summed E-state index contributed by atoms with van der Waals surface area (Å²) in [4.78, 5) is 0. The lowest BCUT2D eigenvalue weighted by atomic mass is 9.65. The van der Waals surface area contributed by atoms with Gasteiger partial charge in [-0.25, -0.2) is 0 Å². The summed E-state index contributed by atoms with van der Waals surface area (Å²) in [6, 6.07) is 0. The summed E-state index contributed by atoms with van der Waals surface area (Å²) >= 11 is 0. The molecule has 0 nitrogen and oxygen atoms in total. The number of hydrogen-bond donors (Lipinski definition) is 0. The normalized spacial score (nSPS) is 35.9. The van der Waals surface area contributed by atoms with E-state index in [4.69, 9.17) is 0 Å². The highest BCUT2D eigenvalue weighted by molar-refractivity contribution is 5.36. The third kappa shape index (κ3) is 2.04. The molecule has 0 spiro atoms. The standard InChI is InChI=1S/C15H24/c1-10(2)13-8-6-12(4)14-7-5-11(3)9-15(13)14/h6-7,10-11,13,15H,5,8-9H2,1-4H3/t11-,13-,15-/m1/s1. The SMILES string of the molecule is CC1=CC[C@H](C(C)C)[C@H]2C[C@H](C)CC=C12. The minimum absolute atomic E-state index is 0.827. The number of fused-ring (bicyclic) bond motifs is 1. The Morgan fingerprint density at radius 3 is 2.60 bits per heavy atom. The molecule has 0 aromatic heterocycles. The Morgan fingerprint density at radius 2 is 1.93 bits per heavy atom. The minimum atomic E-state index is 0.827. The van der Waals surface area contributed by atoms with Crippen molar-refractivity contribution in [3.8, 4) is 0 Å². The zero-order chi connectivity index (χ0) is 11.0. The van der Waals surface area contributed by atoms with Crippen molar-refractivity contribution in [2.45, 2.75) is 47.0 Å². The zero-order valence-corrected chi connectivity index (χ0v) is 10.6. The van der Waals surface area contributed by atoms with Crippen LogP contribution in [0.4, 0.5) is 0 Å². The molecule has 0 amide bonds. The molecule has 0 aliphatic heterocycles. The van der Waals surface area contributed by atoms with Crippen LogP contribution < -0.4 is 0 Å². The summed E-state index contributed by atoms with van der Waals surface area (Å²) in [5, 5.41) is 0. The first-order valence-corrected chi connectivity index (χ1v) is 6.46. The zero-order valence-electron chi connectivity index (χ0n) is 10.6.